The van der Waals surface area contributed by atoms with Gasteiger partial charge < -0.3 is 5.11 Å². The number of pyridine rings is 1. The van der Waals surface area contributed by atoms with Gasteiger partial charge in [0.2, 0.25) is 0 Å². The summed E-state index contributed by atoms with van der Waals surface area (Å²) in [5, 5.41) is 12.7. The van der Waals surface area contributed by atoms with E-state index in [4.69, 9.17) is 5.11 Å². The van der Waals surface area contributed by atoms with Gasteiger partial charge in [-0.1, -0.05) is 0 Å². The summed E-state index contributed by atoms with van der Waals surface area (Å²) in [5.74, 6) is -0.256. The summed E-state index contributed by atoms with van der Waals surface area (Å²) in [6, 6.07) is 3.85. The lowest BCUT2D eigenvalue weighted by Gasteiger charge is -1.91. The number of carboxylic acid groups (broad SMARTS) is 1. The number of fused-ring (bicyclic) bond motifs is 1. The highest BCUT2D eigenvalue weighted by atomic mass is 16.4. The molecular formula is C10H11N3O2. The molecule has 0 fully saturated rings. The van der Waals surface area contributed by atoms with Crippen molar-refractivity contribution < 1.29 is 9.90 Å². The summed E-state index contributed by atoms with van der Waals surface area (Å²) in [6.07, 6.45) is 2.26. The minimum absolute atomic E-state index is 0.0653. The monoisotopic (exact) mass is 205 g/mol. The third-order valence-corrected chi connectivity index (χ3v) is 2.10. The van der Waals surface area contributed by atoms with Crippen LogP contribution < -0.4 is 0 Å². The van der Waals surface area contributed by atoms with Crippen molar-refractivity contribution >= 4 is 11.6 Å². The summed E-state index contributed by atoms with van der Waals surface area (Å²) < 4.78 is 1.66. The van der Waals surface area contributed by atoms with Crippen LogP contribution in [-0.2, 0) is 11.2 Å². The first kappa shape index (κ1) is 9.64. The predicted octanol–water partition coefficient (Wildman–Crippen LogP) is 1.05. The molecule has 0 aliphatic heterocycles. The number of aromatic nitrogens is 3. The maximum Gasteiger partial charge on any atom is 0.303 e. The van der Waals surface area contributed by atoms with Crippen LogP contribution in [0.5, 0.6) is 0 Å². The third kappa shape index (κ3) is 2.12. The van der Waals surface area contributed by atoms with Gasteiger partial charge in [0.1, 0.15) is 0 Å². The van der Waals surface area contributed by atoms with Crippen molar-refractivity contribution in [2.75, 3.05) is 0 Å². The van der Waals surface area contributed by atoms with Crippen molar-refractivity contribution in [3.63, 3.8) is 0 Å². The molecule has 0 bridgehead atoms. The highest BCUT2D eigenvalue weighted by Gasteiger charge is 2.05. The molecule has 2 aromatic rings. The summed E-state index contributed by atoms with van der Waals surface area (Å²) in [7, 11) is 0. The maximum absolute atomic E-state index is 10.4. The van der Waals surface area contributed by atoms with Gasteiger partial charge in [0.05, 0.1) is 6.42 Å². The van der Waals surface area contributed by atoms with Crippen LogP contribution in [0.3, 0.4) is 0 Å². The number of carboxylic acids is 1. The molecule has 2 heterocycles. The molecule has 0 spiro atoms. The Bertz CT molecular complexity index is 504. The van der Waals surface area contributed by atoms with E-state index in [1.54, 1.807) is 4.52 Å². The quantitative estimate of drug-likeness (QED) is 0.813. The summed E-state index contributed by atoms with van der Waals surface area (Å²) in [5.41, 5.74) is 1.87. The lowest BCUT2D eigenvalue weighted by Crippen LogP contribution is -1.99. The fourth-order valence-corrected chi connectivity index (χ4v) is 1.35. The van der Waals surface area contributed by atoms with Crippen molar-refractivity contribution in [2.24, 2.45) is 0 Å². The van der Waals surface area contributed by atoms with Crippen LogP contribution in [0.2, 0.25) is 0 Å². The van der Waals surface area contributed by atoms with Crippen LogP contribution in [0, 0.1) is 6.92 Å². The molecule has 0 saturated heterocycles. The fourth-order valence-electron chi connectivity index (χ4n) is 1.35. The number of aliphatic carboxylic acids is 1. The number of carbonyl (C=O) groups is 1. The van der Waals surface area contributed by atoms with Gasteiger partial charge in [-0.3, -0.25) is 4.79 Å². The Labute approximate surface area is 86.4 Å². The summed E-state index contributed by atoms with van der Waals surface area (Å²) in [6.45, 7) is 1.98. The van der Waals surface area contributed by atoms with E-state index in [0.717, 1.165) is 11.2 Å². The minimum Gasteiger partial charge on any atom is -0.481 e. The topological polar surface area (TPSA) is 67.5 Å². The van der Waals surface area contributed by atoms with Gasteiger partial charge in [-0.25, -0.2) is 9.50 Å². The van der Waals surface area contributed by atoms with E-state index in [-0.39, 0.29) is 6.42 Å². The molecule has 5 heteroatoms. The first-order valence-electron chi connectivity index (χ1n) is 4.69. The Kier molecular flexibility index (Phi) is 2.37. The molecule has 0 aromatic carbocycles. The lowest BCUT2D eigenvalue weighted by atomic mass is 10.3. The van der Waals surface area contributed by atoms with Crippen molar-refractivity contribution in [2.45, 2.75) is 19.8 Å². The van der Waals surface area contributed by atoms with Gasteiger partial charge in [-0.05, 0) is 24.6 Å². The van der Waals surface area contributed by atoms with Crippen molar-refractivity contribution in [3.8, 4) is 0 Å². The zero-order valence-corrected chi connectivity index (χ0v) is 8.34. The molecule has 0 saturated carbocycles. The average molecular weight is 205 g/mol. The van der Waals surface area contributed by atoms with E-state index >= 15 is 0 Å². The minimum atomic E-state index is -0.829. The van der Waals surface area contributed by atoms with Gasteiger partial charge in [-0.2, -0.15) is 5.10 Å². The zero-order valence-electron chi connectivity index (χ0n) is 8.34. The largest absolute Gasteiger partial charge is 0.481 e. The first-order chi connectivity index (χ1) is 7.15. The molecule has 0 unspecified atom stereocenters. The molecule has 2 rings (SSSR count). The van der Waals surface area contributed by atoms with Gasteiger partial charge in [0.15, 0.2) is 11.5 Å². The third-order valence-electron chi connectivity index (χ3n) is 2.10. The number of hydrogen-bond acceptors (Lipinski definition) is 3. The first-order valence-corrected chi connectivity index (χ1v) is 4.69. The van der Waals surface area contributed by atoms with Crippen LogP contribution in [0.4, 0.5) is 0 Å². The van der Waals surface area contributed by atoms with Crippen LogP contribution in [-0.4, -0.2) is 25.7 Å². The second-order valence-electron chi connectivity index (χ2n) is 3.43. The van der Waals surface area contributed by atoms with Gasteiger partial charge in [-0.15, -0.1) is 0 Å². The molecule has 0 radical (unpaired) electrons. The Morgan fingerprint density at radius 3 is 3.13 bits per heavy atom. The van der Waals surface area contributed by atoms with E-state index in [2.05, 4.69) is 10.1 Å². The standard InChI is InChI=1S/C10H11N3O2/c1-7-4-5-13-9(6-7)11-8(12-13)2-3-10(14)15/h4-6H,2-3H2,1H3,(H,14,15). The Balaban J connectivity index is 2.27. The number of nitrogens with zero attached hydrogens (tertiary/aromatic N) is 3. The number of aryl methyl sites for hydroxylation is 2. The van der Waals surface area contributed by atoms with E-state index in [9.17, 15) is 4.79 Å². The van der Waals surface area contributed by atoms with E-state index in [1.165, 1.54) is 0 Å². The second kappa shape index (κ2) is 3.68. The molecule has 0 amide bonds. The van der Waals surface area contributed by atoms with E-state index < -0.39 is 5.97 Å². The highest BCUT2D eigenvalue weighted by molar-refractivity contribution is 5.66. The Morgan fingerprint density at radius 2 is 2.40 bits per heavy atom. The van der Waals surface area contributed by atoms with Crippen molar-refractivity contribution in [3.05, 3.63) is 29.7 Å². The second-order valence-corrected chi connectivity index (χ2v) is 3.43. The number of hydrogen-bond donors (Lipinski definition) is 1. The molecular weight excluding hydrogens is 194 g/mol. The van der Waals surface area contributed by atoms with Gasteiger partial charge >= 0.3 is 5.97 Å². The van der Waals surface area contributed by atoms with E-state index in [1.807, 2.05) is 25.3 Å². The Hall–Kier alpha value is -1.91. The van der Waals surface area contributed by atoms with E-state index in [0.29, 0.717) is 12.2 Å². The lowest BCUT2D eigenvalue weighted by molar-refractivity contribution is -0.137. The number of rotatable bonds is 3. The van der Waals surface area contributed by atoms with Gasteiger partial charge in [0.25, 0.3) is 0 Å². The smallest absolute Gasteiger partial charge is 0.303 e. The van der Waals surface area contributed by atoms with Crippen LogP contribution in [0.1, 0.15) is 17.8 Å². The molecule has 15 heavy (non-hydrogen) atoms. The molecule has 0 atom stereocenters. The SMILES string of the molecule is Cc1ccn2nc(CCC(=O)O)nc2c1. The van der Waals surface area contributed by atoms with Gasteiger partial charge in [0, 0.05) is 12.6 Å². The van der Waals surface area contributed by atoms with Crippen LogP contribution >= 0.6 is 0 Å². The van der Waals surface area contributed by atoms with Crippen molar-refractivity contribution in [1.29, 1.82) is 0 Å². The molecule has 5 nitrogen and oxygen atoms in total. The zero-order chi connectivity index (χ0) is 10.8. The Morgan fingerprint density at radius 1 is 1.60 bits per heavy atom. The average Bonchev–Trinajstić information content (AvgIpc) is 2.56. The van der Waals surface area contributed by atoms with Crippen molar-refractivity contribution in [1.82, 2.24) is 14.6 Å². The maximum atomic E-state index is 10.4. The normalized spacial score (nSPS) is 10.7. The predicted molar refractivity (Wildman–Crippen MR) is 53.7 cm³/mol. The molecule has 1 N–H and O–H groups in total. The summed E-state index contributed by atoms with van der Waals surface area (Å²) in [4.78, 5) is 14.6. The molecule has 78 valence electrons. The fraction of sp³-hybridized carbons (Fsp3) is 0.300. The molecule has 2 aromatic heterocycles. The van der Waals surface area contributed by atoms with Crippen LogP contribution in [0.15, 0.2) is 18.3 Å². The molecule has 0 aliphatic carbocycles. The molecule has 0 aliphatic rings. The summed E-state index contributed by atoms with van der Waals surface area (Å²) >= 11 is 0. The van der Waals surface area contributed by atoms with Crippen LogP contribution in [0.25, 0.3) is 5.65 Å². The highest BCUT2D eigenvalue weighted by Crippen LogP contribution is 2.05.